The van der Waals surface area contributed by atoms with Crippen molar-refractivity contribution in [3.63, 3.8) is 0 Å². The molecule has 0 radical (unpaired) electrons. The molecule has 0 fully saturated rings. The number of hydrogen-bond acceptors (Lipinski definition) is 4. The van der Waals surface area contributed by atoms with E-state index < -0.39 is 0 Å². The van der Waals surface area contributed by atoms with E-state index in [4.69, 9.17) is 9.47 Å². The molecule has 0 atom stereocenters. The molecule has 0 aliphatic heterocycles. The molecule has 0 spiro atoms. The number of anilines is 1. The molecule has 0 unspecified atom stereocenters. The molecular weight excluding hydrogens is 270 g/mol. The van der Waals surface area contributed by atoms with Crippen LogP contribution in [0.4, 0.5) is 5.82 Å². The number of nitrogens with zero attached hydrogens (tertiary/aromatic N) is 1. The molecule has 0 aliphatic rings. The number of carbonyl (C=O) groups excluding carboxylic acids is 1. The van der Waals surface area contributed by atoms with Crippen LogP contribution in [0.3, 0.4) is 0 Å². The molecule has 0 saturated heterocycles. The Labute approximate surface area is 123 Å². The molecule has 0 aliphatic carbocycles. The van der Waals surface area contributed by atoms with E-state index in [2.05, 4.69) is 15.5 Å². The summed E-state index contributed by atoms with van der Waals surface area (Å²) in [5.74, 6) is 2.03. The summed E-state index contributed by atoms with van der Waals surface area (Å²) in [6, 6.07) is 7.24. The molecule has 0 bridgehead atoms. The Morgan fingerprint density at radius 3 is 2.67 bits per heavy atom. The lowest BCUT2D eigenvalue weighted by atomic mass is 10.2. The molecule has 2 aromatic rings. The number of methoxy groups -OCH3 is 1. The highest BCUT2D eigenvalue weighted by Gasteiger charge is 2.08. The fourth-order valence-electron chi connectivity index (χ4n) is 1.82. The number of carbonyl (C=O) groups is 1. The molecule has 2 rings (SSSR count). The lowest BCUT2D eigenvalue weighted by Crippen LogP contribution is -2.16. The first-order chi connectivity index (χ1) is 10.2. The van der Waals surface area contributed by atoms with Crippen LogP contribution in [-0.4, -0.2) is 29.8 Å². The first-order valence-corrected chi connectivity index (χ1v) is 6.82. The van der Waals surface area contributed by atoms with Gasteiger partial charge < -0.3 is 14.8 Å². The smallest absolute Gasteiger partial charge is 0.228 e. The Hall–Kier alpha value is -2.50. The Kier molecular flexibility index (Phi) is 5.20. The number of aryl methyl sites for hydroxylation is 1. The molecular formula is C15H19N3O3. The fraction of sp³-hybridized carbons (Fsp3) is 0.333. The molecule has 112 valence electrons. The zero-order valence-corrected chi connectivity index (χ0v) is 12.2. The quantitative estimate of drug-likeness (QED) is 0.820. The van der Waals surface area contributed by atoms with Crippen LogP contribution in [0.5, 0.6) is 11.5 Å². The van der Waals surface area contributed by atoms with Gasteiger partial charge in [-0.2, -0.15) is 5.10 Å². The summed E-state index contributed by atoms with van der Waals surface area (Å²) in [4.78, 5) is 11.8. The van der Waals surface area contributed by atoms with Gasteiger partial charge in [0.25, 0.3) is 0 Å². The topological polar surface area (TPSA) is 76.2 Å². The highest BCUT2D eigenvalue weighted by molar-refractivity contribution is 5.90. The van der Waals surface area contributed by atoms with Gasteiger partial charge >= 0.3 is 0 Å². The van der Waals surface area contributed by atoms with Gasteiger partial charge in [0.1, 0.15) is 17.3 Å². The second-order valence-corrected chi connectivity index (χ2v) is 4.45. The second kappa shape index (κ2) is 7.33. The van der Waals surface area contributed by atoms with Crippen molar-refractivity contribution in [2.24, 2.45) is 0 Å². The van der Waals surface area contributed by atoms with Gasteiger partial charge in [0.15, 0.2) is 0 Å². The molecule has 1 aromatic heterocycles. The standard InChI is InChI=1S/C15H19N3O3/c1-3-11-10-16-18-15(11)17-14(19)8-9-21-13-6-4-12(20-2)5-7-13/h4-7,10H,3,8-9H2,1-2H3,(H2,16,17,18,19). The minimum atomic E-state index is -0.109. The maximum Gasteiger partial charge on any atom is 0.228 e. The predicted molar refractivity (Wildman–Crippen MR) is 79.7 cm³/mol. The van der Waals surface area contributed by atoms with E-state index in [0.717, 1.165) is 17.7 Å². The van der Waals surface area contributed by atoms with Crippen LogP contribution in [-0.2, 0) is 11.2 Å². The van der Waals surface area contributed by atoms with Crippen molar-refractivity contribution in [1.82, 2.24) is 10.2 Å². The van der Waals surface area contributed by atoms with Crippen molar-refractivity contribution in [3.05, 3.63) is 36.0 Å². The monoisotopic (exact) mass is 289 g/mol. The first-order valence-electron chi connectivity index (χ1n) is 6.82. The molecule has 1 heterocycles. The number of amides is 1. The lowest BCUT2D eigenvalue weighted by Gasteiger charge is -2.07. The third kappa shape index (κ3) is 4.24. The van der Waals surface area contributed by atoms with Gasteiger partial charge in [-0.15, -0.1) is 0 Å². The minimum Gasteiger partial charge on any atom is -0.497 e. The Morgan fingerprint density at radius 1 is 1.29 bits per heavy atom. The van der Waals surface area contributed by atoms with Crippen LogP contribution < -0.4 is 14.8 Å². The van der Waals surface area contributed by atoms with E-state index in [9.17, 15) is 4.79 Å². The number of nitrogens with one attached hydrogen (secondary N) is 2. The van der Waals surface area contributed by atoms with Gasteiger partial charge in [-0.05, 0) is 30.7 Å². The Balaban J connectivity index is 1.76. The number of aromatic amines is 1. The first kappa shape index (κ1) is 14.9. The zero-order chi connectivity index (χ0) is 15.1. The summed E-state index contributed by atoms with van der Waals surface area (Å²) >= 11 is 0. The Bertz CT molecular complexity index is 578. The predicted octanol–water partition coefficient (Wildman–Crippen LogP) is 2.39. The number of hydrogen-bond donors (Lipinski definition) is 2. The van der Waals surface area contributed by atoms with Crippen molar-refractivity contribution in [3.8, 4) is 11.5 Å². The van der Waals surface area contributed by atoms with Gasteiger partial charge in [0.2, 0.25) is 5.91 Å². The van der Waals surface area contributed by atoms with E-state index in [0.29, 0.717) is 18.2 Å². The summed E-state index contributed by atoms with van der Waals surface area (Å²) in [6.45, 7) is 2.32. The highest BCUT2D eigenvalue weighted by Crippen LogP contribution is 2.17. The summed E-state index contributed by atoms with van der Waals surface area (Å²) in [5, 5.41) is 9.47. The maximum absolute atomic E-state index is 11.8. The van der Waals surface area contributed by atoms with Crippen molar-refractivity contribution in [2.45, 2.75) is 19.8 Å². The van der Waals surface area contributed by atoms with E-state index >= 15 is 0 Å². The van der Waals surface area contributed by atoms with Crippen LogP contribution >= 0.6 is 0 Å². The zero-order valence-electron chi connectivity index (χ0n) is 12.2. The molecule has 0 saturated carbocycles. The maximum atomic E-state index is 11.8. The van der Waals surface area contributed by atoms with Gasteiger partial charge in [-0.25, -0.2) is 0 Å². The van der Waals surface area contributed by atoms with E-state index in [1.165, 1.54) is 0 Å². The van der Waals surface area contributed by atoms with Crippen LogP contribution in [0.25, 0.3) is 0 Å². The SMILES string of the molecule is CCc1cn[nH]c1NC(=O)CCOc1ccc(OC)cc1. The largest absolute Gasteiger partial charge is 0.497 e. The number of H-pyrrole nitrogens is 1. The summed E-state index contributed by atoms with van der Waals surface area (Å²) in [6.07, 6.45) is 2.80. The van der Waals surface area contributed by atoms with Crippen LogP contribution in [0.15, 0.2) is 30.5 Å². The van der Waals surface area contributed by atoms with Crippen molar-refractivity contribution in [1.29, 1.82) is 0 Å². The number of ether oxygens (including phenoxy) is 2. The van der Waals surface area contributed by atoms with Gasteiger partial charge in [0.05, 0.1) is 26.3 Å². The van der Waals surface area contributed by atoms with E-state index in [1.807, 2.05) is 19.1 Å². The van der Waals surface area contributed by atoms with Crippen molar-refractivity contribution < 1.29 is 14.3 Å². The number of benzene rings is 1. The fourth-order valence-corrected chi connectivity index (χ4v) is 1.82. The third-order valence-electron chi connectivity index (χ3n) is 3.02. The van der Waals surface area contributed by atoms with E-state index in [-0.39, 0.29) is 12.3 Å². The van der Waals surface area contributed by atoms with Crippen molar-refractivity contribution >= 4 is 11.7 Å². The molecule has 6 nitrogen and oxygen atoms in total. The summed E-state index contributed by atoms with van der Waals surface area (Å²) in [7, 11) is 1.61. The average Bonchev–Trinajstić information content (AvgIpc) is 2.95. The highest BCUT2D eigenvalue weighted by atomic mass is 16.5. The van der Waals surface area contributed by atoms with E-state index in [1.54, 1.807) is 25.4 Å². The summed E-state index contributed by atoms with van der Waals surface area (Å²) < 4.78 is 10.6. The van der Waals surface area contributed by atoms with Crippen molar-refractivity contribution in [2.75, 3.05) is 19.0 Å². The van der Waals surface area contributed by atoms with Gasteiger partial charge in [0, 0.05) is 5.56 Å². The van der Waals surface area contributed by atoms with Crippen LogP contribution in [0.1, 0.15) is 18.9 Å². The minimum absolute atomic E-state index is 0.109. The van der Waals surface area contributed by atoms with Crippen LogP contribution in [0, 0.1) is 0 Å². The lowest BCUT2D eigenvalue weighted by molar-refractivity contribution is -0.116. The third-order valence-corrected chi connectivity index (χ3v) is 3.02. The molecule has 1 amide bonds. The summed E-state index contributed by atoms with van der Waals surface area (Å²) in [5.41, 5.74) is 0.986. The van der Waals surface area contributed by atoms with Gasteiger partial charge in [-0.1, -0.05) is 6.92 Å². The van der Waals surface area contributed by atoms with Gasteiger partial charge in [-0.3, -0.25) is 9.89 Å². The molecule has 1 aromatic carbocycles. The average molecular weight is 289 g/mol. The Morgan fingerprint density at radius 2 is 2.00 bits per heavy atom. The number of rotatable bonds is 7. The molecule has 6 heteroatoms. The van der Waals surface area contributed by atoms with Crippen LogP contribution in [0.2, 0.25) is 0 Å². The second-order valence-electron chi connectivity index (χ2n) is 4.45. The molecule has 21 heavy (non-hydrogen) atoms. The number of aromatic nitrogens is 2. The normalized spacial score (nSPS) is 10.2. The molecule has 2 N–H and O–H groups in total.